The van der Waals surface area contributed by atoms with Crippen LogP contribution in [0.5, 0.6) is 0 Å². The largest absolute Gasteiger partial charge is 0.298 e. The fourth-order valence-corrected chi connectivity index (χ4v) is 1.91. The third-order valence-electron chi connectivity index (χ3n) is 2.74. The molecule has 0 saturated heterocycles. The van der Waals surface area contributed by atoms with Crippen molar-refractivity contribution in [1.29, 1.82) is 0 Å². The Hall–Kier alpha value is -1.78. The minimum atomic E-state index is -1.09. The van der Waals surface area contributed by atoms with Crippen molar-refractivity contribution in [1.82, 2.24) is 9.78 Å². The number of rotatable bonds is 2. The average Bonchev–Trinajstić information content (AvgIpc) is 2.64. The molecule has 1 aromatic rings. The van der Waals surface area contributed by atoms with Gasteiger partial charge in [-0.25, -0.2) is 0 Å². The summed E-state index contributed by atoms with van der Waals surface area (Å²) in [6, 6.07) is 0. The van der Waals surface area contributed by atoms with Crippen LogP contribution in [0.1, 0.15) is 29.6 Å². The molecule has 1 fully saturated rings. The molecule has 0 aliphatic heterocycles. The lowest BCUT2D eigenvalue weighted by Gasteiger charge is -2.17. The van der Waals surface area contributed by atoms with Gasteiger partial charge in [-0.1, -0.05) is 0 Å². The van der Waals surface area contributed by atoms with Gasteiger partial charge in [0.25, 0.3) is 0 Å². The topological polar surface area (TPSA) is 69.0 Å². The summed E-state index contributed by atoms with van der Waals surface area (Å²) in [6.07, 6.45) is 4.12. The van der Waals surface area contributed by atoms with E-state index >= 15 is 0 Å². The van der Waals surface area contributed by atoms with Crippen LogP contribution in [0.25, 0.3) is 0 Å². The van der Waals surface area contributed by atoms with Gasteiger partial charge in [-0.15, -0.1) is 0 Å². The Morgan fingerprint density at radius 3 is 2.50 bits per heavy atom. The van der Waals surface area contributed by atoms with Gasteiger partial charge in [-0.3, -0.25) is 19.1 Å². The number of aromatic nitrogens is 2. The van der Waals surface area contributed by atoms with E-state index in [1.807, 2.05) is 0 Å². The van der Waals surface area contributed by atoms with E-state index in [2.05, 4.69) is 5.10 Å². The molecule has 1 heterocycles. The number of ketones is 3. The van der Waals surface area contributed by atoms with Crippen LogP contribution in [0.15, 0.2) is 12.4 Å². The van der Waals surface area contributed by atoms with Gasteiger partial charge in [0.15, 0.2) is 17.3 Å². The molecule has 0 atom stereocenters. The summed E-state index contributed by atoms with van der Waals surface area (Å²) in [4.78, 5) is 35.1. The minimum Gasteiger partial charge on any atom is -0.298 e. The summed E-state index contributed by atoms with van der Waals surface area (Å²) in [5, 5.41) is 3.86. The molecule has 0 bridgehead atoms. The van der Waals surface area contributed by atoms with Crippen molar-refractivity contribution in [2.24, 2.45) is 13.0 Å². The number of carbonyl (C=O) groups excluding carboxylic acids is 3. The molecule has 0 amide bonds. The quantitative estimate of drug-likeness (QED) is 0.539. The summed E-state index contributed by atoms with van der Waals surface area (Å²) in [6.45, 7) is 0. The van der Waals surface area contributed by atoms with Crippen molar-refractivity contribution < 1.29 is 14.4 Å². The standard InChI is InChI=1S/C11H12N2O3/c1-13-6-7(5-12-13)11(16)10-8(14)3-2-4-9(10)15/h5-6,10H,2-4H2,1H3. The minimum absolute atomic E-state index is 0.259. The Morgan fingerprint density at radius 2 is 2.00 bits per heavy atom. The Balaban J connectivity index is 2.26. The van der Waals surface area contributed by atoms with E-state index in [0.29, 0.717) is 24.8 Å². The third kappa shape index (κ3) is 1.80. The zero-order valence-corrected chi connectivity index (χ0v) is 8.97. The number of hydrogen-bond donors (Lipinski definition) is 0. The van der Waals surface area contributed by atoms with E-state index in [0.717, 1.165) is 0 Å². The molecule has 5 nitrogen and oxygen atoms in total. The van der Waals surface area contributed by atoms with Gasteiger partial charge >= 0.3 is 0 Å². The average molecular weight is 220 g/mol. The molecule has 16 heavy (non-hydrogen) atoms. The van der Waals surface area contributed by atoms with Gasteiger partial charge in [0, 0.05) is 26.1 Å². The van der Waals surface area contributed by atoms with E-state index in [9.17, 15) is 14.4 Å². The first-order valence-corrected chi connectivity index (χ1v) is 5.18. The molecule has 1 aliphatic rings. The van der Waals surface area contributed by atoms with E-state index in [-0.39, 0.29) is 11.6 Å². The molecular formula is C11H12N2O3. The summed E-state index contributed by atoms with van der Waals surface area (Å²) in [5.41, 5.74) is 0.330. The van der Waals surface area contributed by atoms with Crippen molar-refractivity contribution in [3.05, 3.63) is 18.0 Å². The monoisotopic (exact) mass is 220 g/mol. The lowest BCUT2D eigenvalue weighted by molar-refractivity contribution is -0.133. The van der Waals surface area contributed by atoms with E-state index in [4.69, 9.17) is 0 Å². The molecule has 1 aromatic heterocycles. The van der Waals surface area contributed by atoms with Crippen LogP contribution in [0.4, 0.5) is 0 Å². The molecule has 2 rings (SSSR count). The highest BCUT2D eigenvalue weighted by molar-refractivity contribution is 6.24. The number of carbonyl (C=O) groups is 3. The van der Waals surface area contributed by atoms with E-state index < -0.39 is 11.7 Å². The van der Waals surface area contributed by atoms with Crippen LogP contribution in [-0.2, 0) is 16.6 Å². The van der Waals surface area contributed by atoms with Crippen LogP contribution in [0, 0.1) is 5.92 Å². The first-order valence-electron chi connectivity index (χ1n) is 5.18. The Labute approximate surface area is 92.4 Å². The second-order valence-corrected chi connectivity index (χ2v) is 3.99. The fourth-order valence-electron chi connectivity index (χ4n) is 1.91. The van der Waals surface area contributed by atoms with Gasteiger partial charge < -0.3 is 0 Å². The predicted octanol–water partition coefficient (Wildman–Crippen LogP) is 0.541. The van der Waals surface area contributed by atoms with Crippen molar-refractivity contribution in [2.45, 2.75) is 19.3 Å². The van der Waals surface area contributed by atoms with Crippen LogP contribution < -0.4 is 0 Å². The van der Waals surface area contributed by atoms with Gasteiger partial charge in [0.2, 0.25) is 0 Å². The molecule has 0 unspecified atom stereocenters. The van der Waals surface area contributed by atoms with Gasteiger partial charge in [-0.05, 0) is 6.42 Å². The predicted molar refractivity (Wildman–Crippen MR) is 54.9 cm³/mol. The van der Waals surface area contributed by atoms with E-state index in [1.54, 1.807) is 7.05 Å². The maximum Gasteiger partial charge on any atom is 0.183 e. The number of aryl methyl sites for hydroxylation is 1. The molecule has 0 spiro atoms. The molecule has 1 aliphatic carbocycles. The molecule has 0 aromatic carbocycles. The smallest absolute Gasteiger partial charge is 0.183 e. The Bertz CT molecular complexity index is 446. The second kappa shape index (κ2) is 4.00. The van der Waals surface area contributed by atoms with E-state index in [1.165, 1.54) is 17.1 Å². The summed E-state index contributed by atoms with van der Waals surface area (Å²) in [5.74, 6) is -2.02. The number of Topliss-reactive ketones (excluding diaryl/α,β-unsaturated/α-hetero) is 3. The summed E-state index contributed by atoms with van der Waals surface area (Å²) < 4.78 is 1.48. The molecular weight excluding hydrogens is 208 g/mol. The Morgan fingerprint density at radius 1 is 1.38 bits per heavy atom. The second-order valence-electron chi connectivity index (χ2n) is 3.99. The summed E-state index contributed by atoms with van der Waals surface area (Å²) in [7, 11) is 1.68. The lowest BCUT2D eigenvalue weighted by atomic mass is 9.82. The Kier molecular flexibility index (Phi) is 2.68. The number of nitrogens with zero attached hydrogens (tertiary/aromatic N) is 2. The normalized spacial score (nSPS) is 17.8. The lowest BCUT2D eigenvalue weighted by Crippen LogP contribution is -2.35. The SMILES string of the molecule is Cn1cc(C(=O)C2C(=O)CCCC2=O)cn1. The van der Waals surface area contributed by atoms with Crippen LogP contribution >= 0.6 is 0 Å². The maximum absolute atomic E-state index is 11.9. The van der Waals surface area contributed by atoms with Crippen LogP contribution in [0.3, 0.4) is 0 Å². The first kappa shape index (κ1) is 10.7. The zero-order valence-electron chi connectivity index (χ0n) is 8.97. The van der Waals surface area contributed by atoms with Crippen LogP contribution in [0.2, 0.25) is 0 Å². The third-order valence-corrected chi connectivity index (χ3v) is 2.74. The highest BCUT2D eigenvalue weighted by Crippen LogP contribution is 2.21. The van der Waals surface area contributed by atoms with Crippen LogP contribution in [-0.4, -0.2) is 27.1 Å². The maximum atomic E-state index is 11.9. The molecule has 0 N–H and O–H groups in total. The van der Waals surface area contributed by atoms with Gasteiger partial charge in [-0.2, -0.15) is 5.10 Å². The molecule has 84 valence electrons. The number of hydrogen-bond acceptors (Lipinski definition) is 4. The molecule has 1 saturated carbocycles. The highest BCUT2D eigenvalue weighted by atomic mass is 16.2. The van der Waals surface area contributed by atoms with Crippen molar-refractivity contribution >= 4 is 17.3 Å². The van der Waals surface area contributed by atoms with Gasteiger partial charge in [0.1, 0.15) is 5.92 Å². The van der Waals surface area contributed by atoms with Crippen molar-refractivity contribution in [3.8, 4) is 0 Å². The zero-order chi connectivity index (χ0) is 11.7. The molecule has 5 heteroatoms. The van der Waals surface area contributed by atoms with Crippen molar-refractivity contribution in [2.75, 3.05) is 0 Å². The summed E-state index contributed by atoms with van der Waals surface area (Å²) >= 11 is 0. The molecule has 0 radical (unpaired) electrons. The fraction of sp³-hybridized carbons (Fsp3) is 0.455. The highest BCUT2D eigenvalue weighted by Gasteiger charge is 2.36. The van der Waals surface area contributed by atoms with Gasteiger partial charge in [0.05, 0.1) is 11.8 Å². The first-order chi connectivity index (χ1) is 7.59. The van der Waals surface area contributed by atoms with Crippen molar-refractivity contribution in [3.63, 3.8) is 0 Å².